The summed E-state index contributed by atoms with van der Waals surface area (Å²) in [5.41, 5.74) is -2.73. The maximum atomic E-state index is 13.6. The van der Waals surface area contributed by atoms with Gasteiger partial charge in [-0.3, -0.25) is 39.7 Å². The Labute approximate surface area is 267 Å². The van der Waals surface area contributed by atoms with Gasteiger partial charge in [0.15, 0.2) is 6.10 Å². The standard InChI is InChI=1S/C30H25F3N6O9/c31-30(32,33)26(41)23(11-18-7-3-1-4-8-18)35-25(40)16-37-27(20-12-21(38(44)45)14-22(13-20)39(46)47)34-15-24(28(37)42)36-29(43)48-17-19-9-5-2-6-10-19/h1-10,12-15,23,26,41H,11,16-17H2,(H,35,40)(H,36,43). The Morgan fingerprint density at radius 2 is 1.50 bits per heavy atom. The third kappa shape index (κ3) is 8.97. The molecule has 4 aromatic rings. The molecule has 0 spiro atoms. The summed E-state index contributed by atoms with van der Waals surface area (Å²) < 4.78 is 46.3. The molecule has 1 aromatic heterocycles. The van der Waals surface area contributed by atoms with Gasteiger partial charge in [-0.05, 0) is 17.5 Å². The third-order valence-electron chi connectivity index (χ3n) is 6.74. The molecule has 2 atom stereocenters. The summed E-state index contributed by atoms with van der Waals surface area (Å²) in [5.74, 6) is -1.78. The Balaban J connectivity index is 1.72. The summed E-state index contributed by atoms with van der Waals surface area (Å²) in [4.78, 5) is 64.4. The van der Waals surface area contributed by atoms with E-state index < -0.39 is 81.6 Å². The van der Waals surface area contributed by atoms with Crippen LogP contribution in [0.1, 0.15) is 11.1 Å². The minimum Gasteiger partial charge on any atom is -0.444 e. The van der Waals surface area contributed by atoms with Gasteiger partial charge in [0.2, 0.25) is 5.91 Å². The molecule has 0 bridgehead atoms. The van der Waals surface area contributed by atoms with Gasteiger partial charge >= 0.3 is 12.3 Å². The van der Waals surface area contributed by atoms with Crippen molar-refractivity contribution in [2.24, 2.45) is 0 Å². The van der Waals surface area contributed by atoms with E-state index in [1.54, 1.807) is 36.4 Å². The van der Waals surface area contributed by atoms with Crippen LogP contribution in [0.2, 0.25) is 0 Å². The molecule has 1 heterocycles. The first-order valence-corrected chi connectivity index (χ1v) is 13.8. The summed E-state index contributed by atoms with van der Waals surface area (Å²) in [6, 6.07) is 16.4. The van der Waals surface area contributed by atoms with Gasteiger partial charge in [0.05, 0.1) is 28.2 Å². The number of ether oxygens (including phenoxy) is 1. The molecule has 18 heteroatoms. The second-order valence-electron chi connectivity index (χ2n) is 10.2. The summed E-state index contributed by atoms with van der Waals surface area (Å²) >= 11 is 0. The van der Waals surface area contributed by atoms with Crippen LogP contribution in [-0.2, 0) is 29.1 Å². The zero-order chi connectivity index (χ0) is 35.0. The molecule has 2 unspecified atom stereocenters. The van der Waals surface area contributed by atoms with Crippen molar-refractivity contribution in [2.75, 3.05) is 5.32 Å². The van der Waals surface area contributed by atoms with E-state index in [2.05, 4.69) is 15.6 Å². The number of alkyl halides is 3. The van der Waals surface area contributed by atoms with Crippen LogP contribution in [0.25, 0.3) is 11.4 Å². The van der Waals surface area contributed by atoms with Crippen molar-refractivity contribution in [1.29, 1.82) is 0 Å². The van der Waals surface area contributed by atoms with Crippen molar-refractivity contribution in [3.8, 4) is 11.4 Å². The van der Waals surface area contributed by atoms with Gasteiger partial charge in [0.1, 0.15) is 24.7 Å². The maximum Gasteiger partial charge on any atom is 0.416 e. The smallest absolute Gasteiger partial charge is 0.416 e. The number of nitro groups is 2. The molecule has 0 aliphatic heterocycles. The lowest BCUT2D eigenvalue weighted by Crippen LogP contribution is -2.52. The van der Waals surface area contributed by atoms with E-state index in [1.807, 2.05) is 0 Å². The van der Waals surface area contributed by atoms with E-state index in [0.29, 0.717) is 21.8 Å². The molecule has 15 nitrogen and oxygen atoms in total. The SMILES string of the molecule is O=C(Cn1c(-c2cc([N+](=O)[O-])cc([N+](=O)[O-])c2)ncc(NC(=O)OCc2ccccc2)c1=O)NC(Cc1ccccc1)C(O)C(F)(F)F. The molecule has 0 aliphatic rings. The number of carbonyl (C=O) groups excluding carboxylic acids is 2. The molecule has 3 aromatic carbocycles. The number of aliphatic hydroxyl groups is 1. The Morgan fingerprint density at radius 1 is 0.938 bits per heavy atom. The highest BCUT2D eigenvalue weighted by molar-refractivity contribution is 5.84. The zero-order valence-electron chi connectivity index (χ0n) is 24.5. The fraction of sp³-hybridized carbons (Fsp3) is 0.200. The first-order chi connectivity index (χ1) is 22.7. The largest absolute Gasteiger partial charge is 0.444 e. The number of benzene rings is 3. The molecule has 2 amide bonds. The molecule has 250 valence electrons. The average Bonchev–Trinajstić information content (AvgIpc) is 3.05. The fourth-order valence-corrected chi connectivity index (χ4v) is 4.49. The van der Waals surface area contributed by atoms with Crippen LogP contribution < -0.4 is 16.2 Å². The van der Waals surface area contributed by atoms with Gasteiger partial charge < -0.3 is 15.2 Å². The molecule has 0 saturated heterocycles. The quantitative estimate of drug-likeness (QED) is 0.145. The van der Waals surface area contributed by atoms with Crippen molar-refractivity contribution in [1.82, 2.24) is 14.9 Å². The van der Waals surface area contributed by atoms with E-state index >= 15 is 0 Å². The lowest BCUT2D eigenvalue weighted by atomic mass is 10.0. The van der Waals surface area contributed by atoms with Crippen LogP contribution in [0.5, 0.6) is 0 Å². The van der Waals surface area contributed by atoms with Crippen LogP contribution in [0.4, 0.5) is 35.0 Å². The van der Waals surface area contributed by atoms with Crippen LogP contribution in [0.15, 0.2) is 89.9 Å². The van der Waals surface area contributed by atoms with Gasteiger partial charge in [-0.15, -0.1) is 0 Å². The predicted molar refractivity (Wildman–Crippen MR) is 162 cm³/mol. The number of nitro benzene ring substituents is 2. The number of carbonyl (C=O) groups is 2. The highest BCUT2D eigenvalue weighted by Crippen LogP contribution is 2.29. The predicted octanol–water partition coefficient (Wildman–Crippen LogP) is 4.13. The number of aromatic nitrogens is 2. The monoisotopic (exact) mass is 670 g/mol. The Bertz CT molecular complexity index is 1840. The van der Waals surface area contributed by atoms with Gasteiger partial charge in [0, 0.05) is 17.7 Å². The number of aliphatic hydroxyl groups excluding tert-OH is 1. The molecule has 0 fully saturated rings. The average molecular weight is 671 g/mol. The second-order valence-corrected chi connectivity index (χ2v) is 10.2. The van der Waals surface area contributed by atoms with Crippen LogP contribution in [0, 0.1) is 20.2 Å². The van der Waals surface area contributed by atoms with Crippen molar-refractivity contribution < 1.29 is 42.5 Å². The highest BCUT2D eigenvalue weighted by Gasteiger charge is 2.44. The number of rotatable bonds is 12. The number of anilines is 1. The Kier molecular flexibility index (Phi) is 10.8. The topological polar surface area (TPSA) is 209 Å². The number of halogens is 3. The normalized spacial score (nSPS) is 12.4. The van der Waals surface area contributed by atoms with Crippen LogP contribution >= 0.6 is 0 Å². The van der Waals surface area contributed by atoms with E-state index in [9.17, 15) is 52.9 Å². The first-order valence-electron chi connectivity index (χ1n) is 13.8. The number of hydrogen-bond donors (Lipinski definition) is 3. The number of nitrogens with zero attached hydrogens (tertiary/aromatic N) is 4. The first kappa shape index (κ1) is 34.7. The van der Waals surface area contributed by atoms with Crippen molar-refractivity contribution >= 4 is 29.1 Å². The van der Waals surface area contributed by atoms with Gasteiger partial charge in [-0.1, -0.05) is 60.7 Å². The minimum absolute atomic E-state index is 0.198. The maximum absolute atomic E-state index is 13.6. The molecular formula is C30H25F3N6O9. The summed E-state index contributed by atoms with van der Waals surface area (Å²) in [6.45, 7) is -1.29. The van der Waals surface area contributed by atoms with E-state index in [-0.39, 0.29) is 12.2 Å². The second kappa shape index (κ2) is 14.9. The van der Waals surface area contributed by atoms with Crippen molar-refractivity contribution in [3.63, 3.8) is 0 Å². The number of amides is 2. The van der Waals surface area contributed by atoms with Gasteiger partial charge in [-0.25, -0.2) is 9.78 Å². The van der Waals surface area contributed by atoms with Gasteiger partial charge in [-0.2, -0.15) is 13.2 Å². The molecule has 0 aliphatic carbocycles. The summed E-state index contributed by atoms with van der Waals surface area (Å²) in [7, 11) is 0. The van der Waals surface area contributed by atoms with E-state index in [4.69, 9.17) is 4.74 Å². The van der Waals surface area contributed by atoms with E-state index in [1.165, 1.54) is 24.3 Å². The molecular weight excluding hydrogens is 645 g/mol. The molecule has 0 saturated carbocycles. The molecule has 4 rings (SSSR count). The summed E-state index contributed by atoms with van der Waals surface area (Å²) in [6.07, 6.45) is -8.96. The van der Waals surface area contributed by atoms with Crippen molar-refractivity contribution in [3.05, 3.63) is 127 Å². The van der Waals surface area contributed by atoms with Gasteiger partial charge in [0.25, 0.3) is 16.9 Å². The van der Waals surface area contributed by atoms with Crippen LogP contribution in [0.3, 0.4) is 0 Å². The lowest BCUT2D eigenvalue weighted by molar-refractivity contribution is -0.394. The van der Waals surface area contributed by atoms with Crippen molar-refractivity contribution in [2.45, 2.75) is 37.9 Å². The Morgan fingerprint density at radius 3 is 2.04 bits per heavy atom. The molecule has 48 heavy (non-hydrogen) atoms. The number of hydrogen-bond acceptors (Lipinski definition) is 10. The van der Waals surface area contributed by atoms with E-state index in [0.717, 1.165) is 18.3 Å². The Hall–Kier alpha value is -6.17. The lowest BCUT2D eigenvalue weighted by Gasteiger charge is -2.26. The fourth-order valence-electron chi connectivity index (χ4n) is 4.49. The number of non-ortho nitro benzene ring substituents is 2. The van der Waals surface area contributed by atoms with Crippen LogP contribution in [-0.4, -0.2) is 54.8 Å². The zero-order valence-corrected chi connectivity index (χ0v) is 24.5. The molecule has 0 radical (unpaired) electrons. The third-order valence-corrected chi connectivity index (χ3v) is 6.74. The minimum atomic E-state index is -5.15. The molecule has 3 N–H and O–H groups in total. The highest BCUT2D eigenvalue weighted by atomic mass is 19.4. The number of nitrogens with one attached hydrogen (secondary N) is 2. The summed E-state index contributed by atoms with van der Waals surface area (Å²) in [5, 5.41) is 37.2.